The molecule has 0 aliphatic rings. The van der Waals surface area contributed by atoms with Crippen LogP contribution in [0.15, 0.2) is 89.1 Å². The number of pyridine rings is 1. The summed E-state index contributed by atoms with van der Waals surface area (Å²) in [5, 5.41) is 8.43. The Kier molecular flexibility index (Phi) is 12.1. The summed E-state index contributed by atoms with van der Waals surface area (Å²) in [6.45, 7) is 8.84. The van der Waals surface area contributed by atoms with Crippen molar-refractivity contribution in [3.63, 3.8) is 0 Å². The van der Waals surface area contributed by atoms with Crippen LogP contribution in [0.1, 0.15) is 37.9 Å². The van der Waals surface area contributed by atoms with Gasteiger partial charge in [0.1, 0.15) is 18.4 Å². The maximum Gasteiger partial charge on any atom is 0.343 e. The molecule has 4 aromatic heterocycles. The molecule has 0 atom stereocenters. The predicted molar refractivity (Wildman–Crippen MR) is 191 cm³/mol. The van der Waals surface area contributed by atoms with Gasteiger partial charge in [-0.1, -0.05) is 0 Å². The molecule has 0 fully saturated rings. The molecule has 0 amide bonds. The van der Waals surface area contributed by atoms with E-state index in [1.54, 1.807) is 37.2 Å². The third kappa shape index (κ3) is 8.48. The van der Waals surface area contributed by atoms with Crippen molar-refractivity contribution in [3.8, 4) is 0 Å². The van der Waals surface area contributed by atoms with Gasteiger partial charge in [0.25, 0.3) is 0 Å². The SMILES string of the molecule is CCN(CC)c1ccc2cc(/C=C/c3cc(NCCCn4ccnc4)c4cc(F)c(NCCCn5ccnc5)cc4[n+]3C)c(=O)oc2c1.[I-]. The molecule has 0 unspecified atom stereocenters. The van der Waals surface area contributed by atoms with Crippen LogP contribution in [0.2, 0.25) is 0 Å². The number of hydrogen-bond acceptors (Lipinski definition) is 7. The molecule has 10 nitrogen and oxygen atoms in total. The van der Waals surface area contributed by atoms with Crippen LogP contribution in [0.5, 0.6) is 0 Å². The van der Waals surface area contributed by atoms with Crippen LogP contribution >= 0.6 is 0 Å². The fraction of sp³-hybridized carbons (Fsp3) is 0.297. The summed E-state index contributed by atoms with van der Waals surface area (Å²) < 4.78 is 27.3. The molecule has 256 valence electrons. The molecule has 6 aromatic rings. The predicted octanol–water partition coefficient (Wildman–Crippen LogP) is 3.33. The van der Waals surface area contributed by atoms with Crippen molar-refractivity contribution in [3.05, 3.63) is 107 Å². The van der Waals surface area contributed by atoms with Crippen LogP contribution in [0.25, 0.3) is 34.0 Å². The van der Waals surface area contributed by atoms with Crippen LogP contribution in [-0.2, 0) is 20.1 Å². The minimum atomic E-state index is -0.402. The molecule has 6 rings (SSSR count). The van der Waals surface area contributed by atoms with E-state index in [9.17, 15) is 4.79 Å². The number of imidazole rings is 2. The molecule has 12 heteroatoms. The third-order valence-electron chi connectivity index (χ3n) is 8.66. The van der Waals surface area contributed by atoms with Crippen molar-refractivity contribution in [2.45, 2.75) is 39.8 Å². The first-order valence-electron chi connectivity index (χ1n) is 16.5. The summed E-state index contributed by atoms with van der Waals surface area (Å²) in [5.74, 6) is -0.312. The second-order valence-corrected chi connectivity index (χ2v) is 11.8. The molecule has 0 radical (unpaired) electrons. The average Bonchev–Trinajstić information content (AvgIpc) is 3.81. The molecule has 2 aromatic carbocycles. The molecule has 0 bridgehead atoms. The van der Waals surface area contributed by atoms with Crippen LogP contribution in [0.4, 0.5) is 21.5 Å². The Hall–Kier alpha value is -4.72. The number of nitrogens with one attached hydrogen (secondary N) is 2. The first kappa shape index (κ1) is 35.6. The van der Waals surface area contributed by atoms with E-state index in [2.05, 4.69) is 45.4 Å². The maximum atomic E-state index is 15.5. The monoisotopic (exact) mass is 776 g/mol. The summed E-state index contributed by atoms with van der Waals surface area (Å²) in [5.41, 5.74) is 4.58. The maximum absolute atomic E-state index is 15.5. The number of hydrogen-bond donors (Lipinski definition) is 2. The Bertz CT molecular complexity index is 2070. The number of aryl methyl sites for hydroxylation is 3. The minimum Gasteiger partial charge on any atom is -1.00 e. The lowest BCUT2D eigenvalue weighted by Crippen LogP contribution is -3.00. The number of benzene rings is 2. The van der Waals surface area contributed by atoms with E-state index in [1.165, 1.54) is 0 Å². The molecule has 49 heavy (non-hydrogen) atoms. The Morgan fingerprint density at radius 2 is 1.57 bits per heavy atom. The number of halogens is 2. The van der Waals surface area contributed by atoms with E-state index in [1.807, 2.05) is 69.6 Å². The number of rotatable bonds is 15. The van der Waals surface area contributed by atoms with Crippen molar-refractivity contribution in [1.29, 1.82) is 0 Å². The van der Waals surface area contributed by atoms with E-state index in [-0.39, 0.29) is 29.8 Å². The van der Waals surface area contributed by atoms with E-state index >= 15 is 4.39 Å². The lowest BCUT2D eigenvalue weighted by Gasteiger charge is -2.20. The first-order valence-corrected chi connectivity index (χ1v) is 16.5. The molecule has 0 aliphatic carbocycles. The Morgan fingerprint density at radius 3 is 2.20 bits per heavy atom. The van der Waals surface area contributed by atoms with Crippen molar-refractivity contribution >= 4 is 51.1 Å². The summed E-state index contributed by atoms with van der Waals surface area (Å²) in [4.78, 5) is 23.5. The van der Waals surface area contributed by atoms with E-state index in [0.29, 0.717) is 29.9 Å². The lowest BCUT2D eigenvalue weighted by atomic mass is 10.1. The Labute approximate surface area is 302 Å². The molecular formula is C37H42FIN8O2. The summed E-state index contributed by atoms with van der Waals surface area (Å²) in [6, 6.07) is 13.3. The van der Waals surface area contributed by atoms with Gasteiger partial charge in [0.2, 0.25) is 11.2 Å². The highest BCUT2D eigenvalue weighted by Crippen LogP contribution is 2.29. The second kappa shape index (κ2) is 16.6. The number of aromatic nitrogens is 5. The molecular weight excluding hydrogens is 734 g/mol. The molecule has 0 saturated heterocycles. The zero-order chi connectivity index (χ0) is 33.5. The van der Waals surface area contributed by atoms with Crippen molar-refractivity contribution < 1.29 is 37.4 Å². The van der Waals surface area contributed by atoms with Gasteiger partial charge in [-0.25, -0.2) is 19.2 Å². The van der Waals surface area contributed by atoms with Gasteiger partial charge in [0, 0.05) is 99.4 Å². The number of nitrogens with zero attached hydrogens (tertiary/aromatic N) is 6. The lowest BCUT2D eigenvalue weighted by molar-refractivity contribution is -0.646. The van der Waals surface area contributed by atoms with Crippen LogP contribution in [0, 0.1) is 5.82 Å². The highest BCUT2D eigenvalue weighted by Gasteiger charge is 2.19. The average molecular weight is 777 g/mol. The summed E-state index contributed by atoms with van der Waals surface area (Å²) in [6.07, 6.45) is 16.3. The van der Waals surface area contributed by atoms with Crippen LogP contribution in [-0.4, -0.2) is 45.3 Å². The summed E-state index contributed by atoms with van der Waals surface area (Å²) >= 11 is 0. The molecule has 4 heterocycles. The highest BCUT2D eigenvalue weighted by atomic mass is 127. The van der Waals surface area contributed by atoms with Crippen LogP contribution < -0.4 is 49.7 Å². The van der Waals surface area contributed by atoms with E-state index in [0.717, 1.165) is 72.4 Å². The Morgan fingerprint density at radius 1 is 0.898 bits per heavy atom. The summed E-state index contributed by atoms with van der Waals surface area (Å²) in [7, 11) is 1.95. The van der Waals surface area contributed by atoms with Gasteiger partial charge < -0.3 is 53.1 Å². The standard InChI is InChI=1S/C37H41FN8O2.HI/c1-4-46(5-2)30-11-8-27-20-28(37(47)48-36(27)22-30)9-10-29-21-33(41-12-6-16-44-18-14-39-25-44)31-23-32(38)34(24-35(31)43(29)3)42-13-7-17-45-19-15-40-26-45;/h8-11,14-15,18-26H,4-7,12-13,16-17H2,1-3H3,(H,41,42);1H/b10-9+;. The van der Waals surface area contributed by atoms with E-state index < -0.39 is 5.63 Å². The van der Waals surface area contributed by atoms with Gasteiger partial charge in [0.05, 0.1) is 35.0 Å². The second-order valence-electron chi connectivity index (χ2n) is 11.8. The fourth-order valence-electron chi connectivity index (χ4n) is 5.96. The number of fused-ring (bicyclic) bond motifs is 2. The topological polar surface area (TPSA) is 97.0 Å². The van der Waals surface area contributed by atoms with Gasteiger partial charge >= 0.3 is 5.63 Å². The fourth-order valence-corrected chi connectivity index (χ4v) is 5.96. The van der Waals surface area contributed by atoms with Crippen molar-refractivity contribution in [1.82, 2.24) is 19.1 Å². The zero-order valence-corrected chi connectivity index (χ0v) is 30.2. The van der Waals surface area contributed by atoms with Crippen LogP contribution in [0.3, 0.4) is 0 Å². The molecule has 2 N–H and O–H groups in total. The quantitative estimate of drug-likeness (QED) is 0.0716. The van der Waals surface area contributed by atoms with Gasteiger partial charge in [-0.3, -0.25) is 0 Å². The largest absolute Gasteiger partial charge is 1.00 e. The van der Waals surface area contributed by atoms with E-state index in [4.69, 9.17) is 4.42 Å². The number of anilines is 3. The normalized spacial score (nSPS) is 11.3. The van der Waals surface area contributed by atoms with Gasteiger partial charge in [-0.2, -0.15) is 4.57 Å². The van der Waals surface area contributed by atoms with Gasteiger partial charge in [0.15, 0.2) is 0 Å². The van der Waals surface area contributed by atoms with Crippen molar-refractivity contribution in [2.24, 2.45) is 7.05 Å². The zero-order valence-electron chi connectivity index (χ0n) is 28.1. The van der Waals surface area contributed by atoms with Gasteiger partial charge in [-0.15, -0.1) is 0 Å². The Balaban J connectivity index is 0.00000468. The molecule has 0 aliphatic heterocycles. The third-order valence-corrected chi connectivity index (χ3v) is 8.66. The first-order chi connectivity index (χ1) is 23.4. The van der Waals surface area contributed by atoms with Crippen molar-refractivity contribution in [2.75, 3.05) is 41.7 Å². The molecule has 0 spiro atoms. The minimum absolute atomic E-state index is 0. The molecule has 0 saturated carbocycles. The highest BCUT2D eigenvalue weighted by molar-refractivity contribution is 5.92. The smallest absolute Gasteiger partial charge is 0.343 e. The van der Waals surface area contributed by atoms with Gasteiger partial charge in [-0.05, 0) is 57.0 Å².